The largest absolute Gasteiger partial charge is 0.309 e. The fraction of sp³-hybridized carbons (Fsp3) is 0.727. The van der Waals surface area contributed by atoms with Crippen LogP contribution in [0, 0.1) is 0 Å². The van der Waals surface area contributed by atoms with Crippen LogP contribution in [0.3, 0.4) is 0 Å². The molecule has 1 aromatic rings. The minimum absolute atomic E-state index is 0.404. The van der Waals surface area contributed by atoms with Gasteiger partial charge in [0.15, 0.2) is 0 Å². The van der Waals surface area contributed by atoms with Gasteiger partial charge in [-0.3, -0.25) is 4.68 Å². The van der Waals surface area contributed by atoms with Crippen LogP contribution in [0.2, 0.25) is 0 Å². The average molecular weight is 274 g/mol. The van der Waals surface area contributed by atoms with E-state index in [0.29, 0.717) is 6.04 Å². The molecule has 0 fully saturated rings. The van der Waals surface area contributed by atoms with E-state index >= 15 is 0 Å². The second kappa shape index (κ2) is 6.28. The van der Waals surface area contributed by atoms with Crippen molar-refractivity contribution in [3.63, 3.8) is 0 Å². The van der Waals surface area contributed by atoms with Gasteiger partial charge in [0, 0.05) is 6.54 Å². The Morgan fingerprint density at radius 1 is 1.47 bits per heavy atom. The molecule has 1 heterocycles. The Labute approximate surface area is 100 Å². The summed E-state index contributed by atoms with van der Waals surface area (Å²) in [5, 5.41) is 7.89. The number of aryl methyl sites for hydroxylation is 1. The zero-order chi connectivity index (χ0) is 11.3. The van der Waals surface area contributed by atoms with Crippen molar-refractivity contribution in [2.24, 2.45) is 0 Å². The fourth-order valence-electron chi connectivity index (χ4n) is 1.72. The maximum Gasteiger partial charge on any atom is 0.0695 e. The van der Waals surface area contributed by atoms with Crippen molar-refractivity contribution in [3.8, 4) is 0 Å². The zero-order valence-electron chi connectivity index (χ0n) is 9.76. The van der Waals surface area contributed by atoms with E-state index in [1.807, 2.05) is 6.20 Å². The molecule has 15 heavy (non-hydrogen) atoms. The molecule has 1 unspecified atom stereocenters. The topological polar surface area (TPSA) is 29.9 Å². The Kier molecular flexibility index (Phi) is 5.32. The summed E-state index contributed by atoms with van der Waals surface area (Å²) in [4.78, 5) is 0. The van der Waals surface area contributed by atoms with Gasteiger partial charge in [-0.15, -0.1) is 0 Å². The summed E-state index contributed by atoms with van der Waals surface area (Å²) < 4.78 is 3.17. The summed E-state index contributed by atoms with van der Waals surface area (Å²) in [6.07, 6.45) is 4.13. The van der Waals surface area contributed by atoms with Gasteiger partial charge in [-0.25, -0.2) is 0 Å². The first-order valence-electron chi connectivity index (χ1n) is 5.69. The van der Waals surface area contributed by atoms with Gasteiger partial charge in [0.25, 0.3) is 0 Å². The highest BCUT2D eigenvalue weighted by Crippen LogP contribution is 2.25. The number of halogens is 1. The molecule has 0 aliphatic carbocycles. The Bertz CT molecular complexity index is 296. The van der Waals surface area contributed by atoms with Crippen LogP contribution in [0.1, 0.15) is 45.3 Å². The first-order chi connectivity index (χ1) is 7.24. The second-order valence-corrected chi connectivity index (χ2v) is 4.46. The van der Waals surface area contributed by atoms with Crippen LogP contribution in [0.25, 0.3) is 0 Å². The van der Waals surface area contributed by atoms with Crippen LogP contribution >= 0.6 is 15.9 Å². The van der Waals surface area contributed by atoms with E-state index < -0.39 is 0 Å². The number of hydrogen-bond acceptors (Lipinski definition) is 2. The lowest BCUT2D eigenvalue weighted by Gasteiger charge is -2.18. The lowest BCUT2D eigenvalue weighted by atomic mass is 10.1. The predicted octanol–water partition coefficient (Wildman–Crippen LogP) is 3.12. The van der Waals surface area contributed by atoms with E-state index in [1.165, 1.54) is 5.69 Å². The van der Waals surface area contributed by atoms with E-state index in [-0.39, 0.29) is 0 Å². The third-order valence-electron chi connectivity index (χ3n) is 2.51. The summed E-state index contributed by atoms with van der Waals surface area (Å²) in [6, 6.07) is 0.404. The third kappa shape index (κ3) is 3.05. The number of nitrogens with zero attached hydrogens (tertiary/aromatic N) is 2. The molecule has 0 aromatic carbocycles. The van der Waals surface area contributed by atoms with Crippen LogP contribution in [0.4, 0.5) is 0 Å². The molecule has 1 atom stereocenters. The van der Waals surface area contributed by atoms with Crippen molar-refractivity contribution in [3.05, 3.63) is 16.4 Å². The van der Waals surface area contributed by atoms with Crippen molar-refractivity contribution in [1.82, 2.24) is 15.1 Å². The highest BCUT2D eigenvalue weighted by atomic mass is 79.9. The predicted molar refractivity (Wildman–Crippen MR) is 66.9 cm³/mol. The first-order valence-corrected chi connectivity index (χ1v) is 6.48. The molecule has 0 radical (unpaired) electrons. The van der Waals surface area contributed by atoms with Crippen LogP contribution in [-0.2, 0) is 6.54 Å². The van der Waals surface area contributed by atoms with Crippen molar-refractivity contribution in [2.75, 3.05) is 6.54 Å². The molecule has 1 aromatic heterocycles. The SMILES string of the molecule is CCCNC(CC)c1c(Br)cnn1CC. The maximum atomic E-state index is 4.34. The first kappa shape index (κ1) is 12.7. The Hall–Kier alpha value is -0.350. The maximum absolute atomic E-state index is 4.34. The average Bonchev–Trinajstić information content (AvgIpc) is 2.62. The number of aromatic nitrogens is 2. The van der Waals surface area contributed by atoms with E-state index in [0.717, 1.165) is 30.4 Å². The molecule has 0 spiro atoms. The van der Waals surface area contributed by atoms with Gasteiger partial charge in [0.05, 0.1) is 22.4 Å². The highest BCUT2D eigenvalue weighted by Gasteiger charge is 2.16. The van der Waals surface area contributed by atoms with Crippen molar-refractivity contribution >= 4 is 15.9 Å². The van der Waals surface area contributed by atoms with Gasteiger partial charge in [-0.2, -0.15) is 5.10 Å². The lowest BCUT2D eigenvalue weighted by Crippen LogP contribution is -2.24. The van der Waals surface area contributed by atoms with E-state index in [9.17, 15) is 0 Å². The van der Waals surface area contributed by atoms with Gasteiger partial charge in [0.2, 0.25) is 0 Å². The molecule has 0 amide bonds. The number of nitrogens with one attached hydrogen (secondary N) is 1. The van der Waals surface area contributed by atoms with Crippen LogP contribution in [-0.4, -0.2) is 16.3 Å². The Morgan fingerprint density at radius 3 is 2.73 bits per heavy atom. The van der Waals surface area contributed by atoms with Crippen LogP contribution in [0.15, 0.2) is 10.7 Å². The van der Waals surface area contributed by atoms with Gasteiger partial charge in [-0.05, 0) is 42.2 Å². The molecule has 0 saturated heterocycles. The molecule has 1 N–H and O–H groups in total. The lowest BCUT2D eigenvalue weighted by molar-refractivity contribution is 0.469. The number of rotatable bonds is 6. The fourth-order valence-corrected chi connectivity index (χ4v) is 2.30. The van der Waals surface area contributed by atoms with Crippen molar-refractivity contribution < 1.29 is 0 Å². The Morgan fingerprint density at radius 2 is 2.20 bits per heavy atom. The van der Waals surface area contributed by atoms with E-state index in [4.69, 9.17) is 0 Å². The molecule has 0 saturated carbocycles. The molecule has 1 rings (SSSR count). The van der Waals surface area contributed by atoms with Crippen molar-refractivity contribution in [1.29, 1.82) is 0 Å². The summed E-state index contributed by atoms with van der Waals surface area (Å²) in [5.74, 6) is 0. The summed E-state index contributed by atoms with van der Waals surface area (Å²) in [5.41, 5.74) is 1.27. The quantitative estimate of drug-likeness (QED) is 0.863. The molecule has 0 aliphatic rings. The molecule has 3 nitrogen and oxygen atoms in total. The van der Waals surface area contributed by atoms with Crippen molar-refractivity contribution in [2.45, 2.75) is 46.2 Å². The molecule has 86 valence electrons. The summed E-state index contributed by atoms with van der Waals surface area (Å²) in [7, 11) is 0. The third-order valence-corrected chi connectivity index (χ3v) is 3.12. The van der Waals surface area contributed by atoms with Gasteiger partial charge in [0.1, 0.15) is 0 Å². The standard InChI is InChI=1S/C11H20BrN3/c1-4-7-13-10(5-2)11-9(12)8-14-15(11)6-3/h8,10,13H,4-7H2,1-3H3. The molecule has 0 aliphatic heterocycles. The van der Waals surface area contributed by atoms with Gasteiger partial charge in [-0.1, -0.05) is 13.8 Å². The smallest absolute Gasteiger partial charge is 0.0695 e. The van der Waals surface area contributed by atoms with Gasteiger partial charge < -0.3 is 5.32 Å². The van der Waals surface area contributed by atoms with Gasteiger partial charge >= 0.3 is 0 Å². The minimum Gasteiger partial charge on any atom is -0.309 e. The Balaban J connectivity index is 2.84. The molecular formula is C11H20BrN3. The minimum atomic E-state index is 0.404. The molecule has 4 heteroatoms. The summed E-state index contributed by atoms with van der Waals surface area (Å²) >= 11 is 3.57. The zero-order valence-corrected chi connectivity index (χ0v) is 11.3. The van der Waals surface area contributed by atoms with Crippen LogP contribution in [0.5, 0.6) is 0 Å². The normalized spacial score (nSPS) is 13.1. The summed E-state index contributed by atoms with van der Waals surface area (Å²) in [6.45, 7) is 8.49. The molecule has 0 bridgehead atoms. The van der Waals surface area contributed by atoms with E-state index in [1.54, 1.807) is 0 Å². The van der Waals surface area contributed by atoms with E-state index in [2.05, 4.69) is 51.8 Å². The van der Waals surface area contributed by atoms with Crippen LogP contribution < -0.4 is 5.32 Å². The second-order valence-electron chi connectivity index (χ2n) is 3.61. The number of hydrogen-bond donors (Lipinski definition) is 1. The molecular weight excluding hydrogens is 254 g/mol. The monoisotopic (exact) mass is 273 g/mol. The highest BCUT2D eigenvalue weighted by molar-refractivity contribution is 9.10.